The number of aromatic nitrogens is 2. The summed E-state index contributed by atoms with van der Waals surface area (Å²) in [6.45, 7) is 0.698. The molecule has 0 saturated carbocycles. The first-order chi connectivity index (χ1) is 4.47. The molecule has 1 aromatic heterocycles. The minimum Gasteiger partial charge on any atom is -0.284 e. The maximum Gasteiger partial charge on any atom is 0.104 e. The highest BCUT2D eigenvalue weighted by Gasteiger charge is 2.05. The standard InChI is InChI=1S/C6H5N3/c1-2-9-6-4-7-3-5(6)8-1/h1-3H,4H2. The van der Waals surface area contributed by atoms with Gasteiger partial charge in [0.15, 0.2) is 0 Å². The molecule has 0 fully saturated rings. The van der Waals surface area contributed by atoms with Gasteiger partial charge < -0.3 is 0 Å². The first-order valence-electron chi connectivity index (χ1n) is 2.76. The van der Waals surface area contributed by atoms with Gasteiger partial charge >= 0.3 is 0 Å². The smallest absolute Gasteiger partial charge is 0.104 e. The second kappa shape index (κ2) is 1.62. The van der Waals surface area contributed by atoms with Gasteiger partial charge in [0.2, 0.25) is 0 Å². The van der Waals surface area contributed by atoms with Crippen molar-refractivity contribution in [3.63, 3.8) is 0 Å². The molecular weight excluding hydrogens is 114 g/mol. The van der Waals surface area contributed by atoms with Crippen LogP contribution in [0.5, 0.6) is 0 Å². The van der Waals surface area contributed by atoms with Crippen molar-refractivity contribution < 1.29 is 0 Å². The molecule has 2 heterocycles. The molecule has 0 bridgehead atoms. The number of hydrogen-bond donors (Lipinski definition) is 0. The minimum absolute atomic E-state index is 0.698. The first-order valence-corrected chi connectivity index (χ1v) is 2.76. The van der Waals surface area contributed by atoms with Crippen molar-refractivity contribution >= 4 is 6.21 Å². The largest absolute Gasteiger partial charge is 0.284 e. The Kier molecular flexibility index (Phi) is 0.828. The van der Waals surface area contributed by atoms with Crippen LogP contribution < -0.4 is 0 Å². The van der Waals surface area contributed by atoms with E-state index in [1.807, 2.05) is 0 Å². The molecule has 0 amide bonds. The highest BCUT2D eigenvalue weighted by atomic mass is 14.9. The van der Waals surface area contributed by atoms with Gasteiger partial charge in [0.25, 0.3) is 0 Å². The van der Waals surface area contributed by atoms with Gasteiger partial charge in [-0.3, -0.25) is 15.0 Å². The SMILES string of the molecule is C1=NCc2nccnc21. The van der Waals surface area contributed by atoms with E-state index in [1.54, 1.807) is 18.6 Å². The fourth-order valence-electron chi connectivity index (χ4n) is 0.826. The summed E-state index contributed by atoms with van der Waals surface area (Å²) in [6, 6.07) is 0. The number of rotatable bonds is 0. The summed E-state index contributed by atoms with van der Waals surface area (Å²) in [5.41, 5.74) is 1.90. The Hall–Kier alpha value is -1.25. The summed E-state index contributed by atoms with van der Waals surface area (Å²) in [4.78, 5) is 12.1. The van der Waals surface area contributed by atoms with E-state index < -0.39 is 0 Å². The molecule has 44 valence electrons. The Bertz CT molecular complexity index is 254. The van der Waals surface area contributed by atoms with Crippen molar-refractivity contribution in [2.45, 2.75) is 6.54 Å². The van der Waals surface area contributed by atoms with Gasteiger partial charge in [-0.15, -0.1) is 0 Å². The third-order valence-electron chi connectivity index (χ3n) is 1.26. The highest BCUT2D eigenvalue weighted by molar-refractivity contribution is 5.80. The van der Waals surface area contributed by atoms with Crippen molar-refractivity contribution in [1.82, 2.24) is 9.97 Å². The average Bonchev–Trinajstić information content (AvgIpc) is 2.33. The van der Waals surface area contributed by atoms with E-state index in [4.69, 9.17) is 0 Å². The summed E-state index contributed by atoms with van der Waals surface area (Å²) in [6.07, 6.45) is 5.12. The Morgan fingerprint density at radius 2 is 2.11 bits per heavy atom. The predicted octanol–water partition coefficient (Wildman–Crippen LogP) is 0.409. The molecule has 0 N–H and O–H groups in total. The lowest BCUT2D eigenvalue weighted by Crippen LogP contribution is -1.90. The zero-order valence-corrected chi connectivity index (χ0v) is 4.78. The molecule has 1 aliphatic heterocycles. The van der Waals surface area contributed by atoms with Crippen LogP contribution in [0.4, 0.5) is 0 Å². The van der Waals surface area contributed by atoms with Crippen molar-refractivity contribution in [2.24, 2.45) is 4.99 Å². The van der Waals surface area contributed by atoms with Crippen LogP contribution in [-0.2, 0) is 6.54 Å². The van der Waals surface area contributed by atoms with E-state index >= 15 is 0 Å². The van der Waals surface area contributed by atoms with Crippen molar-refractivity contribution in [2.75, 3.05) is 0 Å². The van der Waals surface area contributed by atoms with Crippen LogP contribution in [0.2, 0.25) is 0 Å². The fourth-order valence-corrected chi connectivity index (χ4v) is 0.826. The van der Waals surface area contributed by atoms with E-state index in [1.165, 1.54) is 0 Å². The molecule has 3 heteroatoms. The van der Waals surface area contributed by atoms with Gasteiger partial charge in [0, 0.05) is 18.6 Å². The highest BCUT2D eigenvalue weighted by Crippen LogP contribution is 2.05. The molecule has 0 aliphatic carbocycles. The quantitative estimate of drug-likeness (QED) is 0.496. The van der Waals surface area contributed by atoms with Gasteiger partial charge in [-0.2, -0.15) is 0 Å². The van der Waals surface area contributed by atoms with Crippen LogP contribution in [0.25, 0.3) is 0 Å². The van der Waals surface area contributed by atoms with Crippen molar-refractivity contribution in [3.05, 3.63) is 23.8 Å². The molecule has 0 spiro atoms. The minimum atomic E-state index is 0.698. The van der Waals surface area contributed by atoms with Gasteiger partial charge in [-0.1, -0.05) is 0 Å². The fraction of sp³-hybridized carbons (Fsp3) is 0.167. The first kappa shape index (κ1) is 4.61. The van der Waals surface area contributed by atoms with Crippen LogP contribution in [0.15, 0.2) is 17.4 Å². The lowest BCUT2D eigenvalue weighted by atomic mass is 10.4. The molecule has 0 atom stereocenters. The van der Waals surface area contributed by atoms with Gasteiger partial charge in [-0.25, -0.2) is 0 Å². The van der Waals surface area contributed by atoms with E-state index in [9.17, 15) is 0 Å². The van der Waals surface area contributed by atoms with Gasteiger partial charge in [-0.05, 0) is 0 Å². The average molecular weight is 119 g/mol. The molecule has 0 aromatic carbocycles. The third kappa shape index (κ3) is 0.614. The molecule has 9 heavy (non-hydrogen) atoms. The van der Waals surface area contributed by atoms with Gasteiger partial charge in [0.05, 0.1) is 12.2 Å². The van der Waals surface area contributed by atoms with Crippen LogP contribution >= 0.6 is 0 Å². The summed E-state index contributed by atoms with van der Waals surface area (Å²) in [5, 5.41) is 0. The molecule has 0 saturated heterocycles. The summed E-state index contributed by atoms with van der Waals surface area (Å²) < 4.78 is 0. The third-order valence-corrected chi connectivity index (χ3v) is 1.26. The van der Waals surface area contributed by atoms with Crippen molar-refractivity contribution in [1.29, 1.82) is 0 Å². The normalized spacial score (nSPS) is 13.8. The Morgan fingerprint density at radius 3 is 3.00 bits per heavy atom. The second-order valence-electron chi connectivity index (χ2n) is 1.86. The van der Waals surface area contributed by atoms with E-state index in [-0.39, 0.29) is 0 Å². The lowest BCUT2D eigenvalue weighted by molar-refractivity contribution is 0.998. The Balaban J connectivity index is 2.63. The Morgan fingerprint density at radius 1 is 1.22 bits per heavy atom. The molecule has 1 aromatic rings. The second-order valence-corrected chi connectivity index (χ2v) is 1.86. The topological polar surface area (TPSA) is 38.1 Å². The molecule has 1 aliphatic rings. The zero-order chi connectivity index (χ0) is 6.10. The van der Waals surface area contributed by atoms with E-state index in [0.717, 1.165) is 11.4 Å². The number of hydrogen-bond acceptors (Lipinski definition) is 3. The Labute approximate surface area is 52.5 Å². The number of nitrogens with zero attached hydrogens (tertiary/aromatic N) is 3. The molecule has 0 unspecified atom stereocenters. The van der Waals surface area contributed by atoms with Crippen LogP contribution in [0, 0.1) is 0 Å². The number of aliphatic imine (C=N–C) groups is 1. The molecular formula is C6H5N3. The lowest BCUT2D eigenvalue weighted by Gasteiger charge is -1.89. The maximum absolute atomic E-state index is 4.07. The molecule has 3 nitrogen and oxygen atoms in total. The zero-order valence-electron chi connectivity index (χ0n) is 4.78. The van der Waals surface area contributed by atoms with Crippen LogP contribution in [0.1, 0.15) is 11.4 Å². The molecule has 0 radical (unpaired) electrons. The summed E-state index contributed by atoms with van der Waals surface area (Å²) in [7, 11) is 0. The van der Waals surface area contributed by atoms with Crippen molar-refractivity contribution in [3.8, 4) is 0 Å². The van der Waals surface area contributed by atoms with E-state index in [2.05, 4.69) is 15.0 Å². The van der Waals surface area contributed by atoms with Crippen LogP contribution in [0.3, 0.4) is 0 Å². The van der Waals surface area contributed by atoms with E-state index in [0.29, 0.717) is 6.54 Å². The summed E-state index contributed by atoms with van der Waals surface area (Å²) in [5.74, 6) is 0. The number of fused-ring (bicyclic) bond motifs is 1. The van der Waals surface area contributed by atoms with Crippen LogP contribution in [-0.4, -0.2) is 16.2 Å². The predicted molar refractivity (Wildman–Crippen MR) is 33.3 cm³/mol. The molecule has 2 rings (SSSR count). The summed E-state index contributed by atoms with van der Waals surface area (Å²) >= 11 is 0. The van der Waals surface area contributed by atoms with Gasteiger partial charge in [0.1, 0.15) is 5.69 Å². The maximum atomic E-state index is 4.07. The monoisotopic (exact) mass is 119 g/mol.